The first-order valence-corrected chi connectivity index (χ1v) is 10.6. The summed E-state index contributed by atoms with van der Waals surface area (Å²) in [7, 11) is 1.54. The maximum atomic E-state index is 12.7. The third-order valence-corrected chi connectivity index (χ3v) is 5.66. The summed E-state index contributed by atoms with van der Waals surface area (Å²) in [5.74, 6) is 0.534. The Hall–Kier alpha value is -4.29. The van der Waals surface area contributed by atoms with Crippen molar-refractivity contribution in [1.29, 1.82) is 5.26 Å². The smallest absolute Gasteiger partial charge is 0.294 e. The van der Waals surface area contributed by atoms with Gasteiger partial charge in [-0.2, -0.15) is 5.26 Å². The van der Waals surface area contributed by atoms with Gasteiger partial charge >= 0.3 is 0 Å². The molecule has 8 nitrogen and oxygen atoms in total. The molecule has 3 amide bonds. The van der Waals surface area contributed by atoms with E-state index in [1.807, 2.05) is 0 Å². The van der Waals surface area contributed by atoms with Crippen molar-refractivity contribution < 1.29 is 23.5 Å². The van der Waals surface area contributed by atoms with Gasteiger partial charge in [-0.05, 0) is 72.4 Å². The van der Waals surface area contributed by atoms with Crippen LogP contribution in [-0.2, 0) is 9.59 Å². The van der Waals surface area contributed by atoms with Crippen LogP contribution in [0.4, 0.5) is 10.5 Å². The molecule has 3 aromatic rings. The van der Waals surface area contributed by atoms with Gasteiger partial charge in [0.1, 0.15) is 23.8 Å². The number of ether oxygens (including phenoxy) is 1. The van der Waals surface area contributed by atoms with E-state index in [1.165, 1.54) is 13.2 Å². The molecule has 1 aliphatic rings. The summed E-state index contributed by atoms with van der Waals surface area (Å²) in [5.41, 5.74) is 1.83. The predicted octanol–water partition coefficient (Wildman–Crippen LogP) is 4.50. The molecule has 164 valence electrons. The molecule has 2 heterocycles. The number of hydrogen-bond acceptors (Lipinski definition) is 7. The molecule has 1 N–H and O–H groups in total. The minimum Gasteiger partial charge on any atom is -0.497 e. The van der Waals surface area contributed by atoms with Gasteiger partial charge in [0.25, 0.3) is 11.1 Å². The first-order chi connectivity index (χ1) is 16.0. The Morgan fingerprint density at radius 2 is 1.85 bits per heavy atom. The average Bonchev–Trinajstić information content (AvgIpc) is 3.40. The van der Waals surface area contributed by atoms with Crippen molar-refractivity contribution in [2.75, 3.05) is 19.0 Å². The summed E-state index contributed by atoms with van der Waals surface area (Å²) in [6.45, 7) is -0.400. The second-order valence-corrected chi connectivity index (χ2v) is 7.93. The van der Waals surface area contributed by atoms with Crippen LogP contribution in [0.3, 0.4) is 0 Å². The van der Waals surface area contributed by atoms with Gasteiger partial charge in [-0.15, -0.1) is 0 Å². The molecule has 0 radical (unpaired) electrons. The van der Waals surface area contributed by atoms with Crippen molar-refractivity contribution >= 4 is 40.6 Å². The summed E-state index contributed by atoms with van der Waals surface area (Å²) in [4.78, 5) is 38.4. The number of anilines is 1. The highest BCUT2D eigenvalue weighted by Crippen LogP contribution is 2.33. The lowest BCUT2D eigenvalue weighted by Gasteiger charge is -2.12. The number of furan rings is 1. The molecular formula is C24H17N3O5S. The maximum Gasteiger partial charge on any atom is 0.294 e. The number of nitrogens with zero attached hydrogens (tertiary/aromatic N) is 2. The topological polar surface area (TPSA) is 113 Å². The summed E-state index contributed by atoms with van der Waals surface area (Å²) >= 11 is 0.746. The SMILES string of the molecule is COc1ccc(NC(=O)CN2C(=O)S/C(=C\c3ccc(-c4ccc(C#N)cc4)o3)C2=O)cc1. The number of hydrogen-bond donors (Lipinski definition) is 1. The largest absolute Gasteiger partial charge is 0.497 e. The van der Waals surface area contributed by atoms with Gasteiger partial charge < -0.3 is 14.5 Å². The highest BCUT2D eigenvalue weighted by molar-refractivity contribution is 8.18. The molecule has 0 atom stereocenters. The Kier molecular flexibility index (Phi) is 6.29. The van der Waals surface area contributed by atoms with Crippen LogP contribution in [0.5, 0.6) is 5.75 Å². The zero-order valence-corrected chi connectivity index (χ0v) is 18.2. The quantitative estimate of drug-likeness (QED) is 0.540. The van der Waals surface area contributed by atoms with Gasteiger partial charge in [-0.3, -0.25) is 19.3 Å². The second-order valence-electron chi connectivity index (χ2n) is 6.94. The minimum atomic E-state index is -0.564. The lowest BCUT2D eigenvalue weighted by atomic mass is 10.1. The molecule has 0 spiro atoms. The van der Waals surface area contributed by atoms with Crippen LogP contribution in [-0.4, -0.2) is 35.6 Å². The molecule has 1 saturated heterocycles. The molecule has 4 rings (SSSR count). The fraction of sp³-hybridized carbons (Fsp3) is 0.0833. The van der Waals surface area contributed by atoms with Crippen LogP contribution in [0.2, 0.25) is 0 Å². The zero-order chi connectivity index (χ0) is 23.4. The molecule has 0 unspecified atom stereocenters. The van der Waals surface area contributed by atoms with Gasteiger partial charge in [-0.25, -0.2) is 0 Å². The van der Waals surface area contributed by atoms with E-state index in [4.69, 9.17) is 14.4 Å². The van der Waals surface area contributed by atoms with Crippen molar-refractivity contribution in [2.45, 2.75) is 0 Å². The molecule has 0 aliphatic carbocycles. The van der Waals surface area contributed by atoms with Gasteiger partial charge in [0.05, 0.1) is 23.6 Å². The van der Waals surface area contributed by atoms with E-state index in [0.717, 1.165) is 22.2 Å². The van der Waals surface area contributed by atoms with Crippen molar-refractivity contribution in [3.05, 3.63) is 76.9 Å². The van der Waals surface area contributed by atoms with Gasteiger partial charge in [0.2, 0.25) is 5.91 Å². The number of thioether (sulfide) groups is 1. The Morgan fingerprint density at radius 3 is 2.52 bits per heavy atom. The van der Waals surface area contributed by atoms with E-state index in [-0.39, 0.29) is 4.91 Å². The average molecular weight is 459 g/mol. The summed E-state index contributed by atoms with van der Waals surface area (Å²) < 4.78 is 10.8. The Bertz CT molecular complexity index is 1290. The maximum absolute atomic E-state index is 12.7. The number of benzene rings is 2. The first kappa shape index (κ1) is 21.9. The third kappa shape index (κ3) is 4.97. The molecule has 1 fully saturated rings. The normalized spacial score (nSPS) is 14.4. The van der Waals surface area contributed by atoms with Crippen LogP contribution < -0.4 is 10.1 Å². The number of amides is 3. The highest BCUT2D eigenvalue weighted by atomic mass is 32.2. The summed E-state index contributed by atoms with van der Waals surface area (Å²) in [6.07, 6.45) is 1.47. The van der Waals surface area contributed by atoms with Crippen LogP contribution in [0.25, 0.3) is 17.4 Å². The molecular weight excluding hydrogens is 442 g/mol. The fourth-order valence-electron chi connectivity index (χ4n) is 3.08. The van der Waals surface area contributed by atoms with E-state index in [0.29, 0.717) is 28.5 Å². The molecule has 33 heavy (non-hydrogen) atoms. The molecule has 0 bridgehead atoms. The molecule has 1 aromatic heterocycles. The first-order valence-electron chi connectivity index (χ1n) is 9.76. The zero-order valence-electron chi connectivity index (χ0n) is 17.4. The van der Waals surface area contributed by atoms with Crippen molar-refractivity contribution in [3.8, 4) is 23.1 Å². The Balaban J connectivity index is 1.42. The number of imide groups is 1. The van der Waals surface area contributed by atoms with Crippen molar-refractivity contribution in [1.82, 2.24) is 4.90 Å². The number of nitriles is 1. The second kappa shape index (κ2) is 9.46. The van der Waals surface area contributed by atoms with E-state index in [1.54, 1.807) is 60.7 Å². The Labute approximate surface area is 193 Å². The van der Waals surface area contributed by atoms with Gasteiger partial charge in [0.15, 0.2) is 0 Å². The molecule has 9 heteroatoms. The van der Waals surface area contributed by atoms with Gasteiger partial charge in [-0.1, -0.05) is 0 Å². The lowest BCUT2D eigenvalue weighted by Crippen LogP contribution is -2.36. The monoisotopic (exact) mass is 459 g/mol. The Morgan fingerprint density at radius 1 is 1.12 bits per heavy atom. The van der Waals surface area contributed by atoms with Crippen molar-refractivity contribution in [3.63, 3.8) is 0 Å². The van der Waals surface area contributed by atoms with Crippen molar-refractivity contribution in [2.24, 2.45) is 0 Å². The van der Waals surface area contributed by atoms with E-state index in [9.17, 15) is 14.4 Å². The number of carbonyl (C=O) groups excluding carboxylic acids is 3. The van der Waals surface area contributed by atoms with Crippen LogP contribution in [0.1, 0.15) is 11.3 Å². The lowest BCUT2D eigenvalue weighted by molar-refractivity contribution is -0.127. The number of carbonyl (C=O) groups is 3. The van der Waals surface area contributed by atoms with E-state index in [2.05, 4.69) is 11.4 Å². The number of nitrogens with one attached hydrogen (secondary N) is 1. The number of rotatable bonds is 6. The molecule has 1 aliphatic heterocycles. The van der Waals surface area contributed by atoms with E-state index >= 15 is 0 Å². The predicted molar refractivity (Wildman–Crippen MR) is 123 cm³/mol. The third-order valence-electron chi connectivity index (χ3n) is 4.75. The standard InChI is InChI=1S/C24H17N3O5S/c1-31-18-8-6-17(7-9-18)26-22(28)14-27-23(29)21(33-24(27)30)12-19-10-11-20(32-19)16-4-2-15(13-25)3-5-16/h2-12H,14H2,1H3,(H,26,28)/b21-12-. The summed E-state index contributed by atoms with van der Waals surface area (Å²) in [6, 6.07) is 19.0. The van der Waals surface area contributed by atoms with Crippen LogP contribution in [0, 0.1) is 11.3 Å². The van der Waals surface area contributed by atoms with E-state index < -0.39 is 23.6 Å². The van der Waals surface area contributed by atoms with Crippen LogP contribution in [0.15, 0.2) is 70.0 Å². The minimum absolute atomic E-state index is 0.165. The summed E-state index contributed by atoms with van der Waals surface area (Å²) in [5, 5.41) is 11.0. The number of methoxy groups -OCH3 is 1. The molecule has 2 aromatic carbocycles. The van der Waals surface area contributed by atoms with Crippen LogP contribution >= 0.6 is 11.8 Å². The fourth-order valence-corrected chi connectivity index (χ4v) is 3.90. The molecule has 0 saturated carbocycles. The highest BCUT2D eigenvalue weighted by Gasteiger charge is 2.36. The van der Waals surface area contributed by atoms with Gasteiger partial charge in [0, 0.05) is 17.3 Å².